The van der Waals surface area contributed by atoms with Crippen LogP contribution in [0.3, 0.4) is 0 Å². The van der Waals surface area contributed by atoms with E-state index in [1.807, 2.05) is 13.0 Å². The third kappa shape index (κ3) is 1.54. The van der Waals surface area contributed by atoms with Gasteiger partial charge in [0, 0.05) is 6.08 Å². The molecule has 0 unspecified atom stereocenters. The number of aromatic nitrogens is 2. The summed E-state index contributed by atoms with van der Waals surface area (Å²) in [5.74, 6) is 5.00. The predicted octanol–water partition coefficient (Wildman–Crippen LogP) is 2.63. The number of nitrogens with one attached hydrogen (secondary N) is 1. The summed E-state index contributed by atoms with van der Waals surface area (Å²) < 4.78 is 0. The second-order valence-electron chi connectivity index (χ2n) is 3.74. The van der Waals surface area contributed by atoms with E-state index in [1.54, 1.807) is 0 Å². The average Bonchev–Trinajstić information content (AvgIpc) is 2.32. The summed E-state index contributed by atoms with van der Waals surface area (Å²) in [5.41, 5.74) is 2.20. The Kier molecular flexibility index (Phi) is 2.10. The van der Waals surface area contributed by atoms with Gasteiger partial charge in [0.05, 0.1) is 5.69 Å². The molecule has 1 aliphatic rings. The Balaban J connectivity index is 2.54. The third-order valence-electron chi connectivity index (χ3n) is 2.21. The van der Waals surface area contributed by atoms with Gasteiger partial charge in [0.1, 0.15) is 5.82 Å². The molecule has 0 saturated carbocycles. The number of aryl methyl sites for hydroxylation is 1. The number of allylic oxidation sites excluding steroid dienone is 2. The first kappa shape index (κ1) is 8.97. The van der Waals surface area contributed by atoms with Gasteiger partial charge in [-0.05, 0) is 30.4 Å². The van der Waals surface area contributed by atoms with Crippen LogP contribution in [-0.4, -0.2) is 15.8 Å². The smallest absolute Gasteiger partial charge is 0.187 e. The fraction of sp³-hybridized carbons (Fsp3) is 0.364. The molecule has 1 aromatic rings. The predicted molar refractivity (Wildman–Crippen MR) is 57.8 cm³/mol. The lowest BCUT2D eigenvalue weighted by Crippen LogP contribution is -1.90. The molecular formula is C11H13N3. The highest BCUT2D eigenvalue weighted by molar-refractivity contribution is 5.74. The van der Waals surface area contributed by atoms with Crippen LogP contribution in [0.5, 0.6) is 0 Å². The average molecular weight is 187 g/mol. The second kappa shape index (κ2) is 3.28. The van der Waals surface area contributed by atoms with Crippen LogP contribution in [0.15, 0.2) is 16.6 Å². The van der Waals surface area contributed by atoms with Gasteiger partial charge in [0.2, 0.25) is 0 Å². The molecule has 1 aliphatic heterocycles. The largest absolute Gasteiger partial charge is 0.341 e. The van der Waals surface area contributed by atoms with E-state index in [2.05, 4.69) is 40.8 Å². The van der Waals surface area contributed by atoms with Crippen LogP contribution >= 0.6 is 0 Å². The molecule has 0 aromatic carbocycles. The molecule has 0 spiro atoms. The molecule has 0 fully saturated rings. The molecule has 3 nitrogen and oxygen atoms in total. The van der Waals surface area contributed by atoms with Gasteiger partial charge in [-0.2, -0.15) is 4.99 Å². The number of nitrogens with zero attached hydrogens (tertiary/aromatic N) is 2. The Morgan fingerprint density at radius 3 is 2.93 bits per heavy atom. The summed E-state index contributed by atoms with van der Waals surface area (Å²) in [6.45, 7) is 6.23. The van der Waals surface area contributed by atoms with E-state index in [4.69, 9.17) is 0 Å². The summed E-state index contributed by atoms with van der Waals surface area (Å²) >= 11 is 0. The van der Waals surface area contributed by atoms with Crippen molar-refractivity contribution in [3.63, 3.8) is 0 Å². The van der Waals surface area contributed by atoms with E-state index in [9.17, 15) is 0 Å². The van der Waals surface area contributed by atoms with Crippen molar-refractivity contribution < 1.29 is 0 Å². The van der Waals surface area contributed by atoms with Gasteiger partial charge in [-0.3, -0.25) is 0 Å². The number of fused-ring (bicyclic) bond motifs is 1. The topological polar surface area (TPSA) is 41.0 Å². The van der Waals surface area contributed by atoms with Crippen LogP contribution in [0.2, 0.25) is 0 Å². The minimum Gasteiger partial charge on any atom is -0.341 e. The number of hydrogen-bond acceptors (Lipinski definition) is 2. The highest BCUT2D eigenvalue weighted by Gasteiger charge is 2.09. The summed E-state index contributed by atoms with van der Waals surface area (Å²) in [6, 6.07) is 0. The zero-order valence-corrected chi connectivity index (χ0v) is 8.63. The van der Waals surface area contributed by atoms with E-state index in [0.717, 1.165) is 17.3 Å². The molecule has 3 heteroatoms. The SMILES string of the molecule is Cc1nc2c([nH]1)C=C(C(C)C)C=C=N2. The Labute approximate surface area is 83.3 Å². The molecular weight excluding hydrogens is 174 g/mol. The summed E-state index contributed by atoms with van der Waals surface area (Å²) in [5, 5.41) is 0. The van der Waals surface area contributed by atoms with Gasteiger partial charge in [0.15, 0.2) is 5.82 Å². The number of H-pyrrole nitrogens is 1. The number of imidazole rings is 1. The molecule has 0 radical (unpaired) electrons. The lowest BCUT2D eigenvalue weighted by atomic mass is 10.0. The Bertz CT molecular complexity index is 443. The Morgan fingerprint density at radius 1 is 1.43 bits per heavy atom. The molecule has 1 aromatic heterocycles. The van der Waals surface area contributed by atoms with Gasteiger partial charge in [0.25, 0.3) is 0 Å². The van der Waals surface area contributed by atoms with Crippen molar-refractivity contribution in [2.75, 3.05) is 0 Å². The number of aliphatic imine (C=N–C) groups is 1. The lowest BCUT2D eigenvalue weighted by molar-refractivity contribution is 0.799. The maximum atomic E-state index is 4.26. The third-order valence-corrected chi connectivity index (χ3v) is 2.21. The minimum atomic E-state index is 0.479. The van der Waals surface area contributed by atoms with Gasteiger partial charge in [-0.15, -0.1) is 0 Å². The number of hydrogen-bond donors (Lipinski definition) is 1. The van der Waals surface area contributed by atoms with E-state index in [1.165, 1.54) is 5.57 Å². The van der Waals surface area contributed by atoms with Crippen molar-refractivity contribution >= 4 is 17.8 Å². The first-order valence-corrected chi connectivity index (χ1v) is 4.74. The zero-order chi connectivity index (χ0) is 10.1. The molecule has 0 bridgehead atoms. The molecule has 2 heterocycles. The van der Waals surface area contributed by atoms with E-state index < -0.39 is 0 Å². The highest BCUT2D eigenvalue weighted by atomic mass is 15.0. The maximum Gasteiger partial charge on any atom is 0.187 e. The molecule has 2 rings (SSSR count). The van der Waals surface area contributed by atoms with Crippen molar-refractivity contribution in [1.29, 1.82) is 0 Å². The quantitative estimate of drug-likeness (QED) is 0.721. The van der Waals surface area contributed by atoms with Crippen LogP contribution in [0, 0.1) is 12.8 Å². The van der Waals surface area contributed by atoms with Gasteiger partial charge in [-0.25, -0.2) is 4.98 Å². The van der Waals surface area contributed by atoms with Crippen LogP contribution < -0.4 is 0 Å². The fourth-order valence-corrected chi connectivity index (χ4v) is 1.39. The number of rotatable bonds is 1. The standard InChI is InChI=1S/C11H13N3/c1-7(2)9-4-5-12-11-10(6-9)13-8(3)14-11/h4,6-7H,1-3H3,(H,13,14). The Hall–Kier alpha value is -1.60. The number of aromatic amines is 1. The molecule has 0 saturated heterocycles. The molecule has 72 valence electrons. The van der Waals surface area contributed by atoms with Crippen molar-refractivity contribution in [2.45, 2.75) is 20.8 Å². The van der Waals surface area contributed by atoms with Crippen LogP contribution in [-0.2, 0) is 0 Å². The highest BCUT2D eigenvalue weighted by Crippen LogP contribution is 2.23. The van der Waals surface area contributed by atoms with Crippen molar-refractivity contribution in [3.8, 4) is 0 Å². The second-order valence-corrected chi connectivity index (χ2v) is 3.74. The maximum absolute atomic E-state index is 4.26. The monoisotopic (exact) mass is 187 g/mol. The van der Waals surface area contributed by atoms with Crippen LogP contribution in [0.1, 0.15) is 25.4 Å². The van der Waals surface area contributed by atoms with E-state index in [0.29, 0.717) is 5.92 Å². The van der Waals surface area contributed by atoms with Crippen LogP contribution in [0.25, 0.3) is 6.08 Å². The summed E-state index contributed by atoms with van der Waals surface area (Å²) in [7, 11) is 0. The van der Waals surface area contributed by atoms with Crippen molar-refractivity contribution in [2.24, 2.45) is 10.9 Å². The van der Waals surface area contributed by atoms with E-state index in [-0.39, 0.29) is 0 Å². The van der Waals surface area contributed by atoms with Crippen LogP contribution in [0.4, 0.5) is 5.82 Å². The van der Waals surface area contributed by atoms with Gasteiger partial charge in [-0.1, -0.05) is 13.8 Å². The van der Waals surface area contributed by atoms with Crippen molar-refractivity contribution in [1.82, 2.24) is 9.97 Å². The normalized spacial score (nSPS) is 14.1. The molecule has 0 aliphatic carbocycles. The Morgan fingerprint density at radius 2 is 2.21 bits per heavy atom. The molecule has 1 N–H and O–H groups in total. The zero-order valence-electron chi connectivity index (χ0n) is 8.63. The first-order chi connectivity index (χ1) is 6.66. The van der Waals surface area contributed by atoms with E-state index >= 15 is 0 Å². The summed E-state index contributed by atoms with van der Waals surface area (Å²) in [4.78, 5) is 11.6. The lowest BCUT2D eigenvalue weighted by Gasteiger charge is -2.02. The van der Waals surface area contributed by atoms with Crippen molar-refractivity contribution in [3.05, 3.63) is 23.2 Å². The minimum absolute atomic E-state index is 0.479. The molecule has 14 heavy (non-hydrogen) atoms. The molecule has 0 atom stereocenters. The van der Waals surface area contributed by atoms with Gasteiger partial charge >= 0.3 is 0 Å². The molecule has 0 amide bonds. The summed E-state index contributed by atoms with van der Waals surface area (Å²) in [6.07, 6.45) is 4.00. The first-order valence-electron chi connectivity index (χ1n) is 4.74. The fourth-order valence-electron chi connectivity index (χ4n) is 1.39. The van der Waals surface area contributed by atoms with Gasteiger partial charge < -0.3 is 4.98 Å².